The molecule has 0 unspecified atom stereocenters. The lowest BCUT2D eigenvalue weighted by Gasteiger charge is -2.40. The molecular formula is C29H24O4. The lowest BCUT2D eigenvalue weighted by atomic mass is 9.66. The molecule has 0 aliphatic rings. The van der Waals surface area contributed by atoms with Gasteiger partial charge in [-0.3, -0.25) is 0 Å². The van der Waals surface area contributed by atoms with Gasteiger partial charge in [-0.2, -0.15) is 0 Å². The van der Waals surface area contributed by atoms with Crippen molar-refractivity contribution in [2.24, 2.45) is 0 Å². The topological polar surface area (TPSA) is 63.6 Å². The molecule has 33 heavy (non-hydrogen) atoms. The Morgan fingerprint density at radius 2 is 1.00 bits per heavy atom. The van der Waals surface area contributed by atoms with Crippen LogP contribution in [0.5, 0.6) is 0 Å². The molecule has 0 bridgehead atoms. The third kappa shape index (κ3) is 4.15. The molecule has 4 aromatic rings. The molecule has 0 aliphatic carbocycles. The van der Waals surface area contributed by atoms with Crippen LogP contribution in [0.2, 0.25) is 0 Å². The fourth-order valence-electron chi connectivity index (χ4n) is 4.47. The van der Waals surface area contributed by atoms with Crippen molar-refractivity contribution in [2.45, 2.75) is 18.4 Å². The summed E-state index contributed by atoms with van der Waals surface area (Å²) in [5, 5.41) is 9.53. The zero-order valence-electron chi connectivity index (χ0n) is 18.2. The highest BCUT2D eigenvalue weighted by molar-refractivity contribution is 6.02. The molecule has 4 rings (SSSR count). The number of rotatable bonds is 7. The van der Waals surface area contributed by atoms with Gasteiger partial charge in [-0.25, -0.2) is 9.59 Å². The van der Waals surface area contributed by atoms with Crippen LogP contribution in [-0.2, 0) is 10.2 Å². The van der Waals surface area contributed by atoms with E-state index < -0.39 is 23.5 Å². The first-order chi connectivity index (χ1) is 16.0. The van der Waals surface area contributed by atoms with Crippen LogP contribution < -0.4 is 0 Å². The molecule has 0 saturated heterocycles. The maximum atomic E-state index is 13.2. The Morgan fingerprint density at radius 3 is 1.39 bits per heavy atom. The quantitative estimate of drug-likeness (QED) is 0.287. The molecule has 1 N–H and O–H groups in total. The van der Waals surface area contributed by atoms with Crippen LogP contribution in [-0.4, -0.2) is 23.1 Å². The Kier molecular flexibility index (Phi) is 6.36. The smallest absolute Gasteiger partial charge is 0.339 e. The third-order valence-corrected chi connectivity index (χ3v) is 5.96. The fourth-order valence-corrected chi connectivity index (χ4v) is 4.47. The molecular weight excluding hydrogens is 412 g/mol. The van der Waals surface area contributed by atoms with E-state index in [1.807, 2.05) is 97.9 Å². The highest BCUT2D eigenvalue weighted by Crippen LogP contribution is 2.43. The van der Waals surface area contributed by atoms with Crippen LogP contribution in [0.1, 0.15) is 44.3 Å². The van der Waals surface area contributed by atoms with Crippen molar-refractivity contribution in [3.05, 3.63) is 143 Å². The van der Waals surface area contributed by atoms with Gasteiger partial charge in [0.1, 0.15) is 6.10 Å². The second-order valence-electron chi connectivity index (χ2n) is 7.80. The molecule has 4 aromatic carbocycles. The largest absolute Gasteiger partial charge is 0.478 e. The van der Waals surface area contributed by atoms with E-state index in [9.17, 15) is 14.7 Å². The minimum absolute atomic E-state index is 0.0277. The number of aromatic carboxylic acids is 1. The van der Waals surface area contributed by atoms with Crippen LogP contribution >= 0.6 is 0 Å². The summed E-state index contributed by atoms with van der Waals surface area (Å²) in [7, 11) is 0. The maximum Gasteiger partial charge on any atom is 0.339 e. The van der Waals surface area contributed by atoms with E-state index in [0.29, 0.717) is 0 Å². The summed E-state index contributed by atoms with van der Waals surface area (Å²) >= 11 is 0. The Bertz CT molecular complexity index is 1140. The average molecular weight is 437 g/mol. The van der Waals surface area contributed by atoms with Gasteiger partial charge < -0.3 is 9.84 Å². The van der Waals surface area contributed by atoms with E-state index in [1.54, 1.807) is 12.1 Å². The summed E-state index contributed by atoms with van der Waals surface area (Å²) in [6.07, 6.45) is -0.654. The Morgan fingerprint density at radius 1 is 0.636 bits per heavy atom. The second-order valence-corrected chi connectivity index (χ2v) is 7.80. The van der Waals surface area contributed by atoms with Crippen molar-refractivity contribution in [3.63, 3.8) is 0 Å². The minimum Gasteiger partial charge on any atom is -0.478 e. The normalized spacial score (nSPS) is 12.0. The number of ether oxygens (including phenoxy) is 1. The Balaban J connectivity index is 1.89. The van der Waals surface area contributed by atoms with Gasteiger partial charge in [-0.05, 0) is 35.7 Å². The summed E-state index contributed by atoms with van der Waals surface area (Å²) in [5.74, 6) is -1.84. The molecule has 0 saturated carbocycles. The lowest BCUT2D eigenvalue weighted by molar-refractivity contribution is 0.0224. The lowest BCUT2D eigenvalue weighted by Crippen LogP contribution is -2.43. The predicted octanol–water partition coefficient (Wildman–Crippen LogP) is 5.96. The molecule has 0 fully saturated rings. The van der Waals surface area contributed by atoms with Crippen LogP contribution in [0.25, 0.3) is 0 Å². The van der Waals surface area contributed by atoms with Gasteiger partial charge >= 0.3 is 11.9 Å². The number of carbonyl (C=O) groups excluding carboxylic acids is 1. The Labute approximate surface area is 193 Å². The van der Waals surface area contributed by atoms with Gasteiger partial charge in [-0.15, -0.1) is 0 Å². The van der Waals surface area contributed by atoms with Crippen molar-refractivity contribution in [1.29, 1.82) is 0 Å². The number of carboxylic acid groups (broad SMARTS) is 1. The molecule has 4 heteroatoms. The van der Waals surface area contributed by atoms with Crippen LogP contribution in [0, 0.1) is 0 Å². The van der Waals surface area contributed by atoms with E-state index in [-0.39, 0.29) is 11.1 Å². The average Bonchev–Trinajstić information content (AvgIpc) is 2.86. The zero-order valence-corrected chi connectivity index (χ0v) is 18.2. The summed E-state index contributed by atoms with van der Waals surface area (Å²) in [5.41, 5.74) is 2.04. The summed E-state index contributed by atoms with van der Waals surface area (Å²) in [6, 6.07) is 35.9. The van der Waals surface area contributed by atoms with Crippen LogP contribution in [0.15, 0.2) is 115 Å². The first-order valence-electron chi connectivity index (χ1n) is 10.7. The van der Waals surface area contributed by atoms with Crippen LogP contribution in [0.4, 0.5) is 0 Å². The van der Waals surface area contributed by atoms with E-state index in [1.165, 1.54) is 12.1 Å². The SMILES string of the molecule is C[C@H](OC(=O)c1ccccc1C(=O)O)C(c1ccccc1)(c1ccccc1)c1ccccc1. The monoisotopic (exact) mass is 436 g/mol. The number of benzene rings is 4. The van der Waals surface area contributed by atoms with Gasteiger partial charge in [0.25, 0.3) is 0 Å². The number of esters is 1. The van der Waals surface area contributed by atoms with E-state index in [4.69, 9.17) is 4.74 Å². The molecule has 0 aliphatic heterocycles. The molecule has 0 amide bonds. The van der Waals surface area contributed by atoms with Crippen molar-refractivity contribution in [3.8, 4) is 0 Å². The van der Waals surface area contributed by atoms with Crippen molar-refractivity contribution >= 4 is 11.9 Å². The first kappa shape index (κ1) is 22.0. The van der Waals surface area contributed by atoms with E-state index >= 15 is 0 Å². The number of carboxylic acids is 1. The molecule has 1 atom stereocenters. The molecule has 0 radical (unpaired) electrons. The maximum absolute atomic E-state index is 13.2. The molecule has 0 aromatic heterocycles. The Hall–Kier alpha value is -4.18. The fraction of sp³-hybridized carbons (Fsp3) is 0.103. The highest BCUT2D eigenvalue weighted by Gasteiger charge is 2.44. The predicted molar refractivity (Wildman–Crippen MR) is 127 cm³/mol. The third-order valence-electron chi connectivity index (χ3n) is 5.96. The summed E-state index contributed by atoms with van der Waals surface area (Å²) in [4.78, 5) is 24.9. The van der Waals surface area contributed by atoms with E-state index in [0.717, 1.165) is 16.7 Å². The molecule has 164 valence electrons. The standard InChI is InChI=1S/C29H24O4/c1-21(33-28(32)26-20-12-11-19-25(26)27(30)31)29(22-13-5-2-6-14-22,23-15-7-3-8-16-23)24-17-9-4-10-18-24/h2-21H,1H3,(H,30,31)/t21-/m0/s1. The van der Waals surface area contributed by atoms with Crippen molar-refractivity contribution in [1.82, 2.24) is 0 Å². The molecule has 0 spiro atoms. The number of hydrogen-bond donors (Lipinski definition) is 1. The second kappa shape index (κ2) is 9.53. The summed E-state index contributed by atoms with van der Waals surface area (Å²) < 4.78 is 6.05. The van der Waals surface area contributed by atoms with Gasteiger partial charge in [0.2, 0.25) is 0 Å². The van der Waals surface area contributed by atoms with Gasteiger partial charge in [0, 0.05) is 0 Å². The minimum atomic E-state index is -1.17. The number of hydrogen-bond acceptors (Lipinski definition) is 3. The highest BCUT2D eigenvalue weighted by atomic mass is 16.5. The molecule has 0 heterocycles. The van der Waals surface area contributed by atoms with Gasteiger partial charge in [0.05, 0.1) is 16.5 Å². The van der Waals surface area contributed by atoms with Crippen molar-refractivity contribution < 1.29 is 19.4 Å². The first-order valence-corrected chi connectivity index (χ1v) is 10.7. The van der Waals surface area contributed by atoms with Gasteiger partial charge in [0.15, 0.2) is 0 Å². The van der Waals surface area contributed by atoms with E-state index in [2.05, 4.69) is 0 Å². The summed E-state index contributed by atoms with van der Waals surface area (Å²) in [6.45, 7) is 1.86. The van der Waals surface area contributed by atoms with Gasteiger partial charge in [-0.1, -0.05) is 103 Å². The molecule has 4 nitrogen and oxygen atoms in total. The van der Waals surface area contributed by atoms with Crippen molar-refractivity contribution in [2.75, 3.05) is 0 Å². The zero-order chi connectivity index (χ0) is 23.3. The number of carbonyl (C=O) groups is 2. The van der Waals surface area contributed by atoms with Crippen LogP contribution in [0.3, 0.4) is 0 Å².